The van der Waals surface area contributed by atoms with Gasteiger partial charge in [0, 0.05) is 19.5 Å². The molecule has 5 amide bonds. The van der Waals surface area contributed by atoms with Crippen LogP contribution in [-0.4, -0.2) is 130 Å². The average molecular weight is 665 g/mol. The molecule has 5 N–H and O–H groups in total. The minimum absolute atomic E-state index is 0.0193. The van der Waals surface area contributed by atoms with E-state index in [0.717, 1.165) is 4.90 Å². The van der Waals surface area contributed by atoms with Gasteiger partial charge >= 0.3 is 12.1 Å². The summed E-state index contributed by atoms with van der Waals surface area (Å²) < 4.78 is 58.5. The van der Waals surface area contributed by atoms with Crippen molar-refractivity contribution in [2.75, 3.05) is 72.6 Å². The number of hydrogen-bond donors (Lipinski definition) is 4. The zero-order valence-electron chi connectivity index (χ0n) is 24.6. The van der Waals surface area contributed by atoms with Crippen LogP contribution in [0.5, 0.6) is 5.75 Å². The molecule has 0 bridgehead atoms. The van der Waals surface area contributed by atoms with E-state index in [1.54, 1.807) is 0 Å². The van der Waals surface area contributed by atoms with Crippen LogP contribution in [0.15, 0.2) is 18.2 Å². The summed E-state index contributed by atoms with van der Waals surface area (Å²) in [4.78, 5) is 71.4. The number of nitrogens with two attached hydrogens (primary N) is 1. The fourth-order valence-electron chi connectivity index (χ4n) is 3.91. The van der Waals surface area contributed by atoms with Crippen molar-refractivity contribution in [3.8, 4) is 5.75 Å². The second-order valence-electron chi connectivity index (χ2n) is 9.31. The molecule has 46 heavy (non-hydrogen) atoms. The first-order valence-electron chi connectivity index (χ1n) is 13.9. The molecule has 1 fully saturated rings. The number of benzene rings is 1. The Morgan fingerprint density at radius 1 is 0.935 bits per heavy atom. The number of ether oxygens (including phenoxy) is 5. The predicted octanol–water partition coefficient (Wildman–Crippen LogP) is -0.759. The molecule has 1 saturated heterocycles. The zero-order chi connectivity index (χ0) is 34.1. The third-order valence-electron chi connectivity index (χ3n) is 5.98. The third-order valence-corrected chi connectivity index (χ3v) is 5.98. The Kier molecular flexibility index (Phi) is 16.0. The maximum absolute atomic E-state index is 13.0. The number of carboxylic acid groups (broad SMARTS) is 1. The highest BCUT2D eigenvalue weighted by Crippen LogP contribution is 2.33. The van der Waals surface area contributed by atoms with Crippen LogP contribution >= 0.6 is 0 Å². The van der Waals surface area contributed by atoms with Crippen LogP contribution in [0, 0.1) is 0 Å². The van der Waals surface area contributed by atoms with E-state index in [2.05, 4.69) is 10.6 Å². The van der Waals surface area contributed by atoms with Crippen molar-refractivity contribution in [1.82, 2.24) is 15.5 Å². The van der Waals surface area contributed by atoms with Gasteiger partial charge < -0.3 is 39.8 Å². The van der Waals surface area contributed by atoms with Crippen LogP contribution in [0.25, 0.3) is 0 Å². The van der Waals surface area contributed by atoms with Crippen LogP contribution in [-0.2, 0) is 38.1 Å². The number of amides is 5. The van der Waals surface area contributed by atoms with Gasteiger partial charge in [0.2, 0.25) is 11.8 Å². The Balaban J connectivity index is 0.000000942. The van der Waals surface area contributed by atoms with Gasteiger partial charge in [-0.2, -0.15) is 13.2 Å². The number of halogens is 3. The number of carbonyl (C=O) groups is 6. The van der Waals surface area contributed by atoms with Crippen LogP contribution in [0.1, 0.15) is 33.6 Å². The molecule has 0 saturated carbocycles. The van der Waals surface area contributed by atoms with Gasteiger partial charge in [0.05, 0.1) is 64.0 Å². The first kappa shape index (κ1) is 38.0. The molecule has 19 heteroatoms. The van der Waals surface area contributed by atoms with Crippen LogP contribution in [0.2, 0.25) is 0 Å². The molecule has 1 aromatic carbocycles. The first-order valence-corrected chi connectivity index (χ1v) is 13.9. The number of carbonyl (C=O) groups excluding carboxylic acids is 5. The molecular formula is C27H35F3N4O12. The van der Waals surface area contributed by atoms with Gasteiger partial charge in [0.1, 0.15) is 11.8 Å². The molecule has 256 valence electrons. The summed E-state index contributed by atoms with van der Waals surface area (Å²) in [5.41, 5.74) is 5.36. The Morgan fingerprint density at radius 3 is 2.04 bits per heavy atom. The number of rotatable bonds is 18. The number of hydrogen-bond acceptors (Lipinski definition) is 12. The number of carboxylic acids is 1. The number of nitrogens with zero attached hydrogens (tertiary/aromatic N) is 1. The lowest BCUT2D eigenvalue weighted by Gasteiger charge is -2.27. The summed E-state index contributed by atoms with van der Waals surface area (Å²) in [7, 11) is 0. The van der Waals surface area contributed by atoms with Crippen molar-refractivity contribution in [2.45, 2.75) is 25.1 Å². The summed E-state index contributed by atoms with van der Waals surface area (Å²) in [6, 6.07) is 3.35. The number of imide groups is 2. The Labute approximate surface area is 260 Å². The van der Waals surface area contributed by atoms with E-state index in [9.17, 15) is 37.1 Å². The summed E-state index contributed by atoms with van der Waals surface area (Å²) in [5, 5.41) is 11.9. The molecular weight excluding hydrogens is 629 g/mol. The highest BCUT2D eigenvalue weighted by atomic mass is 19.4. The van der Waals surface area contributed by atoms with E-state index >= 15 is 0 Å². The molecule has 2 aliphatic rings. The summed E-state index contributed by atoms with van der Waals surface area (Å²) in [6.07, 6.45) is -5.02. The number of alkyl halides is 3. The summed E-state index contributed by atoms with van der Waals surface area (Å²) in [5.74, 6) is -5.67. The molecule has 0 radical (unpaired) electrons. The average Bonchev–Trinajstić information content (AvgIpc) is 3.25. The van der Waals surface area contributed by atoms with E-state index in [0.29, 0.717) is 52.8 Å². The van der Waals surface area contributed by atoms with E-state index in [1.165, 1.54) is 18.2 Å². The second kappa shape index (κ2) is 19.4. The molecule has 16 nitrogen and oxygen atoms in total. The molecule has 2 aliphatic heterocycles. The fraction of sp³-hybridized carbons (Fsp3) is 0.556. The van der Waals surface area contributed by atoms with Gasteiger partial charge in [-0.05, 0) is 18.6 Å². The van der Waals surface area contributed by atoms with E-state index in [4.69, 9.17) is 39.3 Å². The van der Waals surface area contributed by atoms with E-state index in [-0.39, 0.29) is 42.9 Å². The standard InChI is InChI=1S/C25H34N4O10.C2HF3O2/c26-6-8-35-10-12-37-14-15-38-13-11-36-9-7-27-21(31)16-39-19-3-1-2-17-22(19)25(34)29(24(17)33)18-4-5-20(30)28-23(18)32;3-2(4,5)1(6)7/h1-3,18H,4-16,26H2,(H,27,31)(H,28,30,32);(H,6,7). The number of fused-ring (bicyclic) bond motifs is 1. The van der Waals surface area contributed by atoms with Crippen LogP contribution < -0.4 is 21.1 Å². The van der Waals surface area contributed by atoms with Crippen molar-refractivity contribution in [2.24, 2.45) is 5.73 Å². The van der Waals surface area contributed by atoms with Crippen molar-refractivity contribution in [3.05, 3.63) is 29.3 Å². The quantitative estimate of drug-likeness (QED) is 0.112. The van der Waals surface area contributed by atoms with Gasteiger partial charge in [-0.15, -0.1) is 0 Å². The highest BCUT2D eigenvalue weighted by molar-refractivity contribution is 6.24. The lowest BCUT2D eigenvalue weighted by molar-refractivity contribution is -0.192. The smallest absolute Gasteiger partial charge is 0.483 e. The Hall–Kier alpha value is -4.17. The Bertz CT molecular complexity index is 1230. The monoisotopic (exact) mass is 664 g/mol. The SMILES string of the molecule is NCCOCCOCCOCCOCCNC(=O)COc1cccc2c1C(=O)N(C1CCC(=O)NC1=O)C2=O.O=C(O)C(F)(F)F. The van der Waals surface area contributed by atoms with Gasteiger partial charge in [0.25, 0.3) is 17.7 Å². The van der Waals surface area contributed by atoms with Gasteiger partial charge in [-0.1, -0.05) is 6.07 Å². The van der Waals surface area contributed by atoms with Crippen LogP contribution in [0.3, 0.4) is 0 Å². The number of aliphatic carboxylic acids is 1. The minimum atomic E-state index is -5.08. The topological polar surface area (TPSA) is 222 Å². The normalized spacial score (nSPS) is 16.0. The lowest BCUT2D eigenvalue weighted by Crippen LogP contribution is -2.54. The highest BCUT2D eigenvalue weighted by Gasteiger charge is 2.46. The fourth-order valence-corrected chi connectivity index (χ4v) is 3.91. The largest absolute Gasteiger partial charge is 0.490 e. The zero-order valence-corrected chi connectivity index (χ0v) is 24.6. The van der Waals surface area contributed by atoms with Gasteiger partial charge in [-0.3, -0.25) is 34.2 Å². The lowest BCUT2D eigenvalue weighted by atomic mass is 10.0. The molecule has 3 rings (SSSR count). The molecule has 1 aromatic rings. The third kappa shape index (κ3) is 12.3. The second-order valence-corrected chi connectivity index (χ2v) is 9.31. The van der Waals surface area contributed by atoms with Crippen LogP contribution in [0.4, 0.5) is 13.2 Å². The van der Waals surface area contributed by atoms with Crippen molar-refractivity contribution < 1.29 is 70.7 Å². The van der Waals surface area contributed by atoms with E-state index < -0.39 is 54.3 Å². The van der Waals surface area contributed by atoms with Crippen molar-refractivity contribution in [3.63, 3.8) is 0 Å². The summed E-state index contributed by atoms with van der Waals surface area (Å²) in [6.45, 7) is 3.67. The Morgan fingerprint density at radius 2 is 1.50 bits per heavy atom. The number of nitrogens with one attached hydrogen (secondary N) is 2. The van der Waals surface area contributed by atoms with E-state index in [1.807, 2.05) is 0 Å². The maximum Gasteiger partial charge on any atom is 0.490 e. The molecule has 1 atom stereocenters. The van der Waals surface area contributed by atoms with Gasteiger partial charge in [0.15, 0.2) is 6.61 Å². The molecule has 0 aliphatic carbocycles. The minimum Gasteiger partial charge on any atom is -0.483 e. The maximum atomic E-state index is 13.0. The van der Waals surface area contributed by atoms with Crippen molar-refractivity contribution in [1.29, 1.82) is 0 Å². The summed E-state index contributed by atoms with van der Waals surface area (Å²) >= 11 is 0. The molecule has 0 aromatic heterocycles. The first-order chi connectivity index (χ1) is 21.9. The molecule has 1 unspecified atom stereocenters. The predicted molar refractivity (Wildman–Crippen MR) is 148 cm³/mol. The molecule has 2 heterocycles. The molecule has 0 spiro atoms. The number of piperidine rings is 1. The van der Waals surface area contributed by atoms with Crippen molar-refractivity contribution >= 4 is 35.5 Å². The van der Waals surface area contributed by atoms with Gasteiger partial charge in [-0.25, -0.2) is 4.79 Å².